The number of hydrogen-bond donors (Lipinski definition) is 2. The van der Waals surface area contributed by atoms with E-state index in [1.54, 1.807) is 12.1 Å². The molecule has 1 atom stereocenters. The summed E-state index contributed by atoms with van der Waals surface area (Å²) in [7, 11) is 0. The minimum atomic E-state index is -0.674. The summed E-state index contributed by atoms with van der Waals surface area (Å²) in [6.45, 7) is 6.21. The van der Waals surface area contributed by atoms with E-state index in [9.17, 15) is 19.8 Å². The molecule has 3 rings (SSSR count). The number of carbonyl (C=O) groups excluding carboxylic acids is 2. The average Bonchev–Trinajstić information content (AvgIpc) is 2.93. The van der Waals surface area contributed by atoms with Crippen LogP contribution in [0.25, 0.3) is 5.76 Å². The first-order chi connectivity index (χ1) is 13.3. The molecule has 0 bridgehead atoms. The predicted molar refractivity (Wildman–Crippen MR) is 108 cm³/mol. The van der Waals surface area contributed by atoms with Crippen molar-refractivity contribution in [3.05, 3.63) is 70.3 Å². The number of benzene rings is 2. The molecule has 1 amide bonds. The number of aliphatic hydroxyl groups is 1. The normalized spacial score (nSPS) is 18.7. The Labute approximate surface area is 164 Å². The van der Waals surface area contributed by atoms with Crippen LogP contribution in [0.3, 0.4) is 0 Å². The molecule has 2 aromatic carbocycles. The number of phenols is 1. The standard InChI is InChI=1S/C23H25NO4/c1-4-5-12-24-20(16-8-10-17(25)11-9-16)19(22(27)23(24)28)21(26)18-13-14(2)6-7-15(18)3/h6-11,13,20,25-26H,4-5,12H2,1-3H3/b21-19+. The molecule has 5 nitrogen and oxygen atoms in total. The van der Waals surface area contributed by atoms with Gasteiger partial charge in [-0.3, -0.25) is 9.59 Å². The van der Waals surface area contributed by atoms with Crippen LogP contribution in [0, 0.1) is 13.8 Å². The fourth-order valence-electron chi connectivity index (χ4n) is 3.58. The molecule has 0 aromatic heterocycles. The zero-order valence-corrected chi connectivity index (χ0v) is 16.4. The number of phenolic OH excluding ortho intramolecular Hbond substituents is 1. The van der Waals surface area contributed by atoms with Gasteiger partial charge < -0.3 is 15.1 Å². The van der Waals surface area contributed by atoms with Crippen LogP contribution in [0.4, 0.5) is 0 Å². The van der Waals surface area contributed by atoms with Gasteiger partial charge in [-0.05, 0) is 49.6 Å². The largest absolute Gasteiger partial charge is 0.508 e. The lowest BCUT2D eigenvalue weighted by Crippen LogP contribution is -2.30. The van der Waals surface area contributed by atoms with Crippen LogP contribution in [-0.2, 0) is 9.59 Å². The van der Waals surface area contributed by atoms with E-state index < -0.39 is 17.7 Å². The molecule has 0 saturated carbocycles. The number of aliphatic hydroxyl groups excluding tert-OH is 1. The van der Waals surface area contributed by atoms with Gasteiger partial charge in [-0.15, -0.1) is 0 Å². The minimum Gasteiger partial charge on any atom is -0.508 e. The van der Waals surface area contributed by atoms with Gasteiger partial charge >= 0.3 is 0 Å². The molecule has 1 heterocycles. The Morgan fingerprint density at radius 1 is 1.07 bits per heavy atom. The maximum absolute atomic E-state index is 12.9. The van der Waals surface area contributed by atoms with Crippen LogP contribution in [0.2, 0.25) is 0 Å². The van der Waals surface area contributed by atoms with Crippen LogP contribution in [0.5, 0.6) is 5.75 Å². The van der Waals surface area contributed by atoms with Crippen molar-refractivity contribution in [3.8, 4) is 5.75 Å². The Morgan fingerprint density at radius 2 is 1.75 bits per heavy atom. The molecule has 1 aliphatic heterocycles. The van der Waals surface area contributed by atoms with Gasteiger partial charge in [0, 0.05) is 12.1 Å². The smallest absolute Gasteiger partial charge is 0.295 e. The summed E-state index contributed by atoms with van der Waals surface area (Å²) in [5.74, 6) is -1.33. The van der Waals surface area contributed by atoms with Gasteiger partial charge in [-0.25, -0.2) is 0 Å². The van der Waals surface area contributed by atoms with Gasteiger partial charge in [-0.1, -0.05) is 43.2 Å². The zero-order valence-electron chi connectivity index (χ0n) is 16.4. The Balaban J connectivity index is 2.20. The fourth-order valence-corrected chi connectivity index (χ4v) is 3.58. The SMILES string of the molecule is CCCCN1C(=O)C(=O)/C(=C(/O)c2cc(C)ccc2C)C1c1ccc(O)cc1. The van der Waals surface area contributed by atoms with Gasteiger partial charge in [0.2, 0.25) is 0 Å². The van der Waals surface area contributed by atoms with E-state index >= 15 is 0 Å². The van der Waals surface area contributed by atoms with Crippen LogP contribution < -0.4 is 0 Å². The number of likely N-dealkylation sites (tertiary alicyclic amines) is 1. The number of carbonyl (C=O) groups is 2. The summed E-state index contributed by atoms with van der Waals surface area (Å²) < 4.78 is 0. The first-order valence-corrected chi connectivity index (χ1v) is 9.50. The minimum absolute atomic E-state index is 0.0977. The van der Waals surface area contributed by atoms with E-state index in [1.807, 2.05) is 39.0 Å². The molecule has 1 aliphatic rings. The summed E-state index contributed by atoms with van der Waals surface area (Å²) in [5, 5.41) is 20.7. The predicted octanol–water partition coefficient (Wildman–Crippen LogP) is 4.23. The Bertz CT molecular complexity index is 944. The summed E-state index contributed by atoms with van der Waals surface area (Å²) in [6, 6.07) is 11.4. The maximum Gasteiger partial charge on any atom is 0.295 e. The first kappa shape index (κ1) is 19.7. The second-order valence-corrected chi connectivity index (χ2v) is 7.26. The van der Waals surface area contributed by atoms with Gasteiger partial charge in [0.15, 0.2) is 0 Å². The average molecular weight is 379 g/mol. The molecule has 146 valence electrons. The van der Waals surface area contributed by atoms with Crippen molar-refractivity contribution in [3.63, 3.8) is 0 Å². The van der Waals surface area contributed by atoms with Crippen molar-refractivity contribution >= 4 is 17.4 Å². The highest BCUT2D eigenvalue weighted by Gasteiger charge is 2.45. The van der Waals surface area contributed by atoms with Crippen LogP contribution in [0.1, 0.15) is 48.1 Å². The van der Waals surface area contributed by atoms with Crippen molar-refractivity contribution in [1.82, 2.24) is 4.90 Å². The van der Waals surface area contributed by atoms with Crippen molar-refractivity contribution < 1.29 is 19.8 Å². The van der Waals surface area contributed by atoms with E-state index in [4.69, 9.17) is 0 Å². The third-order valence-corrected chi connectivity index (χ3v) is 5.15. The fraction of sp³-hybridized carbons (Fsp3) is 0.304. The molecule has 1 saturated heterocycles. The molecule has 1 unspecified atom stereocenters. The highest BCUT2D eigenvalue weighted by Crippen LogP contribution is 2.40. The number of rotatable bonds is 5. The highest BCUT2D eigenvalue weighted by molar-refractivity contribution is 6.46. The summed E-state index contributed by atoms with van der Waals surface area (Å²) >= 11 is 0. The lowest BCUT2D eigenvalue weighted by molar-refractivity contribution is -0.139. The number of amides is 1. The molecule has 0 aliphatic carbocycles. The molecule has 2 aromatic rings. The van der Waals surface area contributed by atoms with Gasteiger partial charge in [0.25, 0.3) is 11.7 Å². The second kappa shape index (κ2) is 7.89. The lowest BCUT2D eigenvalue weighted by atomic mass is 9.93. The van der Waals surface area contributed by atoms with E-state index in [-0.39, 0.29) is 17.1 Å². The Morgan fingerprint density at radius 3 is 2.39 bits per heavy atom. The molecule has 0 spiro atoms. The van der Waals surface area contributed by atoms with Crippen molar-refractivity contribution in [2.75, 3.05) is 6.54 Å². The molecule has 2 N–H and O–H groups in total. The third kappa shape index (κ3) is 3.52. The van der Waals surface area contributed by atoms with E-state index in [1.165, 1.54) is 17.0 Å². The van der Waals surface area contributed by atoms with Crippen molar-refractivity contribution in [2.45, 2.75) is 39.7 Å². The highest BCUT2D eigenvalue weighted by atomic mass is 16.3. The molecule has 5 heteroatoms. The molecular formula is C23H25NO4. The molecule has 0 radical (unpaired) electrons. The van der Waals surface area contributed by atoms with E-state index in [0.29, 0.717) is 17.7 Å². The summed E-state index contributed by atoms with van der Waals surface area (Å²) in [6.07, 6.45) is 1.63. The van der Waals surface area contributed by atoms with Gasteiger partial charge in [-0.2, -0.15) is 0 Å². The summed E-state index contributed by atoms with van der Waals surface area (Å²) in [4.78, 5) is 27.1. The van der Waals surface area contributed by atoms with Crippen molar-refractivity contribution in [2.24, 2.45) is 0 Å². The number of ketones is 1. The molecular weight excluding hydrogens is 354 g/mol. The molecule has 28 heavy (non-hydrogen) atoms. The zero-order chi connectivity index (χ0) is 20.4. The number of aryl methyl sites for hydroxylation is 2. The summed E-state index contributed by atoms with van der Waals surface area (Å²) in [5.41, 5.74) is 3.11. The monoisotopic (exact) mass is 379 g/mol. The second-order valence-electron chi connectivity index (χ2n) is 7.26. The van der Waals surface area contributed by atoms with E-state index in [0.717, 1.165) is 24.0 Å². The molecule has 1 fully saturated rings. The van der Waals surface area contributed by atoms with Crippen LogP contribution in [-0.4, -0.2) is 33.3 Å². The van der Waals surface area contributed by atoms with Gasteiger partial charge in [0.1, 0.15) is 11.5 Å². The third-order valence-electron chi connectivity index (χ3n) is 5.15. The van der Waals surface area contributed by atoms with Gasteiger partial charge in [0.05, 0.1) is 11.6 Å². The topological polar surface area (TPSA) is 77.8 Å². The number of unbranched alkanes of at least 4 members (excludes halogenated alkanes) is 1. The van der Waals surface area contributed by atoms with Crippen LogP contribution >= 0.6 is 0 Å². The quantitative estimate of drug-likeness (QED) is 0.463. The lowest BCUT2D eigenvalue weighted by Gasteiger charge is -2.25. The number of hydrogen-bond acceptors (Lipinski definition) is 4. The maximum atomic E-state index is 12.9. The van der Waals surface area contributed by atoms with Crippen molar-refractivity contribution in [1.29, 1.82) is 0 Å². The number of Topliss-reactive ketones (excluding diaryl/α,β-unsaturated/α-hetero) is 1. The number of nitrogens with zero attached hydrogens (tertiary/aromatic N) is 1. The first-order valence-electron chi connectivity index (χ1n) is 9.50. The van der Waals surface area contributed by atoms with Crippen LogP contribution in [0.15, 0.2) is 48.0 Å². The Hall–Kier alpha value is -3.08. The number of aromatic hydroxyl groups is 1. The van der Waals surface area contributed by atoms with E-state index in [2.05, 4.69) is 0 Å². The Kier molecular flexibility index (Phi) is 5.54.